The zero-order chi connectivity index (χ0) is 15.6. The van der Waals surface area contributed by atoms with E-state index >= 15 is 0 Å². The molecule has 0 radical (unpaired) electrons. The zero-order valence-electron chi connectivity index (χ0n) is 11.8. The fourth-order valence-corrected chi connectivity index (χ4v) is 3.35. The minimum absolute atomic E-state index is 0. The third-order valence-corrected chi connectivity index (χ3v) is 5.60. The molecule has 1 aromatic rings. The van der Waals surface area contributed by atoms with Crippen LogP contribution < -0.4 is 5.32 Å². The number of hydrogen-bond donors (Lipinski definition) is 2. The Kier molecular flexibility index (Phi) is 7.39. The molecule has 2 rings (SSSR count). The van der Waals surface area contributed by atoms with Crippen LogP contribution in [0, 0.1) is 0 Å². The Morgan fingerprint density at radius 3 is 2.64 bits per heavy atom. The molecule has 1 fully saturated rings. The minimum atomic E-state index is -4.19. The van der Waals surface area contributed by atoms with E-state index in [4.69, 9.17) is 27.9 Å². The van der Waals surface area contributed by atoms with Crippen molar-refractivity contribution in [2.24, 2.45) is 0 Å². The molecule has 1 saturated heterocycles. The van der Waals surface area contributed by atoms with Crippen LogP contribution in [-0.4, -0.2) is 44.0 Å². The van der Waals surface area contributed by atoms with E-state index in [1.807, 2.05) is 0 Å². The highest BCUT2D eigenvalue weighted by molar-refractivity contribution is 7.86. The highest BCUT2D eigenvalue weighted by Crippen LogP contribution is 2.32. The summed E-state index contributed by atoms with van der Waals surface area (Å²) in [6.45, 7) is 2.97. The van der Waals surface area contributed by atoms with Crippen molar-refractivity contribution in [3.05, 3.63) is 33.8 Å². The quantitative estimate of drug-likeness (QED) is 0.776. The number of ether oxygens (including phenoxy) is 1. The van der Waals surface area contributed by atoms with Gasteiger partial charge in [0.15, 0.2) is 0 Å². The summed E-state index contributed by atoms with van der Waals surface area (Å²) in [5.41, 5.74) is 0.819. The first-order valence-electron chi connectivity index (χ1n) is 6.54. The molecule has 0 bridgehead atoms. The number of rotatable bonds is 3. The van der Waals surface area contributed by atoms with Gasteiger partial charge in [-0.3, -0.25) is 4.55 Å². The van der Waals surface area contributed by atoms with Crippen LogP contribution >= 0.6 is 35.6 Å². The Bertz CT molecular complexity index is 611. The molecule has 2 N–H and O–H groups in total. The van der Waals surface area contributed by atoms with Gasteiger partial charge in [0.1, 0.15) is 5.25 Å². The molecule has 0 aromatic heterocycles. The van der Waals surface area contributed by atoms with Crippen LogP contribution in [0.15, 0.2) is 18.2 Å². The van der Waals surface area contributed by atoms with Gasteiger partial charge in [-0.15, -0.1) is 12.4 Å². The second-order valence-electron chi connectivity index (χ2n) is 5.04. The summed E-state index contributed by atoms with van der Waals surface area (Å²) in [6.07, 6.45) is -0.660. The maximum absolute atomic E-state index is 11.4. The van der Waals surface area contributed by atoms with Crippen molar-refractivity contribution in [2.45, 2.75) is 24.2 Å². The monoisotopic (exact) mass is 389 g/mol. The van der Waals surface area contributed by atoms with Crippen LogP contribution in [0.1, 0.15) is 18.4 Å². The van der Waals surface area contributed by atoms with Crippen molar-refractivity contribution < 1.29 is 17.7 Å². The summed E-state index contributed by atoms with van der Waals surface area (Å²) in [4.78, 5) is 0. The topological polar surface area (TPSA) is 75.6 Å². The SMILES string of the molecule is CC([C@@H]1OCCNC[C@H]1c1ccc(Cl)c(Cl)c1)S(=O)(=O)O.Cl. The summed E-state index contributed by atoms with van der Waals surface area (Å²) in [7, 11) is -4.19. The van der Waals surface area contributed by atoms with Gasteiger partial charge in [-0.2, -0.15) is 8.42 Å². The highest BCUT2D eigenvalue weighted by atomic mass is 35.5. The van der Waals surface area contributed by atoms with Gasteiger partial charge in [0.05, 0.1) is 22.8 Å². The molecule has 126 valence electrons. The van der Waals surface area contributed by atoms with Gasteiger partial charge in [0.25, 0.3) is 10.1 Å². The lowest BCUT2D eigenvalue weighted by molar-refractivity contribution is 0.0504. The van der Waals surface area contributed by atoms with E-state index < -0.39 is 21.5 Å². The smallest absolute Gasteiger partial charge is 0.270 e. The first kappa shape index (κ1) is 20.0. The Labute approximate surface area is 146 Å². The van der Waals surface area contributed by atoms with Gasteiger partial charge in [-0.25, -0.2) is 0 Å². The third-order valence-electron chi connectivity index (χ3n) is 3.65. The Morgan fingerprint density at radius 1 is 1.36 bits per heavy atom. The van der Waals surface area contributed by atoms with E-state index in [0.717, 1.165) is 5.56 Å². The molecule has 1 aliphatic heterocycles. The fraction of sp³-hybridized carbons (Fsp3) is 0.538. The maximum Gasteiger partial charge on any atom is 0.270 e. The van der Waals surface area contributed by atoms with E-state index in [0.29, 0.717) is 29.7 Å². The second kappa shape index (κ2) is 8.15. The van der Waals surface area contributed by atoms with Crippen LogP contribution in [0.2, 0.25) is 10.0 Å². The van der Waals surface area contributed by atoms with Crippen LogP contribution in [0.5, 0.6) is 0 Å². The lowest BCUT2D eigenvalue weighted by Gasteiger charge is -2.28. The number of nitrogens with one attached hydrogen (secondary N) is 1. The molecule has 5 nitrogen and oxygen atoms in total. The van der Waals surface area contributed by atoms with Crippen LogP contribution in [0.25, 0.3) is 0 Å². The summed E-state index contributed by atoms with van der Waals surface area (Å²) >= 11 is 11.9. The number of benzene rings is 1. The Hall–Kier alpha value is -0.0800. The van der Waals surface area contributed by atoms with Crippen molar-refractivity contribution in [3.63, 3.8) is 0 Å². The molecule has 9 heteroatoms. The molecule has 0 aliphatic carbocycles. The lowest BCUT2D eigenvalue weighted by Crippen LogP contribution is -2.39. The standard InChI is InChI=1S/C13H17Cl2NO4S.ClH/c1-8(21(17,18)19)13-10(7-16-4-5-20-13)9-2-3-11(14)12(15)6-9;/h2-3,6,8,10,13,16H,4-5,7H2,1H3,(H,17,18,19);1H/t8?,10-,13-;/m0./s1. The minimum Gasteiger partial charge on any atom is -0.375 e. The van der Waals surface area contributed by atoms with Crippen molar-refractivity contribution in [1.82, 2.24) is 5.32 Å². The molecule has 1 aliphatic rings. The molecular formula is C13H18Cl3NO4S. The van der Waals surface area contributed by atoms with E-state index in [1.165, 1.54) is 6.92 Å². The molecule has 3 atom stereocenters. The van der Waals surface area contributed by atoms with Crippen molar-refractivity contribution in [2.75, 3.05) is 19.7 Å². The molecule has 22 heavy (non-hydrogen) atoms. The maximum atomic E-state index is 11.4. The molecule has 1 unspecified atom stereocenters. The van der Waals surface area contributed by atoms with Gasteiger partial charge in [0.2, 0.25) is 0 Å². The van der Waals surface area contributed by atoms with Crippen LogP contribution in [-0.2, 0) is 14.9 Å². The summed E-state index contributed by atoms with van der Waals surface area (Å²) in [6, 6.07) is 5.16. The van der Waals surface area contributed by atoms with Gasteiger partial charge in [0, 0.05) is 19.0 Å². The molecule has 1 aromatic carbocycles. The van der Waals surface area contributed by atoms with Gasteiger partial charge < -0.3 is 10.1 Å². The first-order valence-corrected chi connectivity index (χ1v) is 8.80. The molecule has 0 amide bonds. The molecule has 1 heterocycles. The van der Waals surface area contributed by atoms with Gasteiger partial charge >= 0.3 is 0 Å². The van der Waals surface area contributed by atoms with Crippen molar-refractivity contribution >= 4 is 45.7 Å². The van der Waals surface area contributed by atoms with Crippen LogP contribution in [0.3, 0.4) is 0 Å². The Balaban J connectivity index is 0.00000242. The molecule has 0 saturated carbocycles. The van der Waals surface area contributed by atoms with Gasteiger partial charge in [-0.1, -0.05) is 29.3 Å². The number of hydrogen-bond acceptors (Lipinski definition) is 4. The third kappa shape index (κ3) is 4.71. The van der Waals surface area contributed by atoms with E-state index in [2.05, 4.69) is 5.32 Å². The molecule has 0 spiro atoms. The average molecular weight is 391 g/mol. The van der Waals surface area contributed by atoms with Crippen molar-refractivity contribution in [3.8, 4) is 0 Å². The predicted octanol–water partition coefficient (Wildman–Crippen LogP) is 2.76. The number of halogens is 3. The normalized spacial score (nSPS) is 24.2. The van der Waals surface area contributed by atoms with Gasteiger partial charge in [-0.05, 0) is 24.6 Å². The fourth-order valence-electron chi connectivity index (χ4n) is 2.44. The Morgan fingerprint density at radius 2 is 2.05 bits per heavy atom. The zero-order valence-corrected chi connectivity index (χ0v) is 15.0. The first-order chi connectivity index (χ1) is 9.80. The lowest BCUT2D eigenvalue weighted by atomic mass is 9.91. The van der Waals surface area contributed by atoms with Crippen molar-refractivity contribution in [1.29, 1.82) is 0 Å². The predicted molar refractivity (Wildman–Crippen MR) is 90.1 cm³/mol. The summed E-state index contributed by atoms with van der Waals surface area (Å²) in [5, 5.41) is 2.99. The van der Waals surface area contributed by atoms with E-state index in [-0.39, 0.29) is 18.3 Å². The summed E-state index contributed by atoms with van der Waals surface area (Å²) < 4.78 is 37.9. The van der Waals surface area contributed by atoms with E-state index in [9.17, 15) is 13.0 Å². The van der Waals surface area contributed by atoms with Crippen LogP contribution in [0.4, 0.5) is 0 Å². The average Bonchev–Trinajstić information content (AvgIpc) is 2.65. The largest absolute Gasteiger partial charge is 0.375 e. The van der Waals surface area contributed by atoms with E-state index in [1.54, 1.807) is 18.2 Å². The molecular weight excluding hydrogens is 373 g/mol. The summed E-state index contributed by atoms with van der Waals surface area (Å²) in [5.74, 6) is -0.251. The highest BCUT2D eigenvalue weighted by Gasteiger charge is 2.36. The second-order valence-corrected chi connectivity index (χ2v) is 7.63.